The summed E-state index contributed by atoms with van der Waals surface area (Å²) in [6.45, 7) is 3.46. The van der Waals surface area contributed by atoms with Gasteiger partial charge in [-0.15, -0.1) is 0 Å². The molecule has 0 spiro atoms. The molecule has 10 nitrogen and oxygen atoms in total. The van der Waals surface area contributed by atoms with Gasteiger partial charge >= 0.3 is 0 Å². The zero-order chi connectivity index (χ0) is 32.5. The van der Waals surface area contributed by atoms with Gasteiger partial charge in [-0.2, -0.15) is 5.10 Å². The van der Waals surface area contributed by atoms with E-state index in [1.165, 1.54) is 25.0 Å². The van der Waals surface area contributed by atoms with Crippen LogP contribution in [0.4, 0.5) is 10.1 Å². The Morgan fingerprint density at radius 3 is 2.65 bits per heavy atom. The van der Waals surface area contributed by atoms with Gasteiger partial charge in [0.15, 0.2) is 5.82 Å². The van der Waals surface area contributed by atoms with E-state index in [0.29, 0.717) is 51.9 Å². The number of carbonyl (C=O) groups excluding carboxylic acids is 1. The van der Waals surface area contributed by atoms with E-state index in [1.807, 2.05) is 54.6 Å². The monoisotopic (exact) mass is 638 g/mol. The van der Waals surface area contributed by atoms with Gasteiger partial charge in [0, 0.05) is 47.1 Å². The minimum absolute atomic E-state index is 0.208. The van der Waals surface area contributed by atoms with E-state index in [2.05, 4.69) is 35.4 Å². The summed E-state index contributed by atoms with van der Waals surface area (Å²) in [6.07, 6.45) is 7.47. The smallest absolute Gasteiger partial charge is 0.255 e. The number of halogens is 1. The molecule has 8 rings (SSSR count). The van der Waals surface area contributed by atoms with Crippen molar-refractivity contribution in [2.24, 2.45) is 0 Å². The molecule has 0 unspecified atom stereocenters. The largest absolute Gasteiger partial charge is 0.492 e. The summed E-state index contributed by atoms with van der Waals surface area (Å²) in [5.41, 5.74) is 6.79. The van der Waals surface area contributed by atoms with Gasteiger partial charge in [0.25, 0.3) is 5.91 Å². The van der Waals surface area contributed by atoms with Crippen LogP contribution in [0.25, 0.3) is 55.8 Å². The van der Waals surface area contributed by atoms with Gasteiger partial charge in [0.1, 0.15) is 29.4 Å². The summed E-state index contributed by atoms with van der Waals surface area (Å²) in [5, 5.41) is 11.5. The van der Waals surface area contributed by atoms with E-state index >= 15 is 0 Å². The summed E-state index contributed by atoms with van der Waals surface area (Å²) in [5.74, 6) is 0.397. The average molecular weight is 639 g/mol. The first kappa shape index (κ1) is 29.5. The van der Waals surface area contributed by atoms with Gasteiger partial charge in [0.05, 0.1) is 28.6 Å². The lowest BCUT2D eigenvalue weighted by Gasteiger charge is -2.15. The van der Waals surface area contributed by atoms with Crippen molar-refractivity contribution in [2.75, 3.05) is 31.6 Å². The van der Waals surface area contributed by atoms with Gasteiger partial charge < -0.3 is 15.0 Å². The number of hydrogen-bond acceptors (Lipinski definition) is 7. The van der Waals surface area contributed by atoms with Crippen LogP contribution < -0.4 is 10.1 Å². The molecule has 1 amide bonds. The van der Waals surface area contributed by atoms with Crippen molar-refractivity contribution in [3.8, 4) is 39.7 Å². The third-order valence-electron chi connectivity index (χ3n) is 8.57. The Morgan fingerprint density at radius 2 is 1.77 bits per heavy atom. The number of anilines is 1. The second-order valence-electron chi connectivity index (χ2n) is 11.8. The van der Waals surface area contributed by atoms with E-state index in [4.69, 9.17) is 9.72 Å². The van der Waals surface area contributed by atoms with Crippen molar-refractivity contribution in [3.05, 3.63) is 109 Å². The molecule has 1 fully saturated rings. The highest BCUT2D eigenvalue weighted by molar-refractivity contribution is 6.04. The number of imidazole rings is 1. The Kier molecular flexibility index (Phi) is 7.79. The Labute approximate surface area is 275 Å². The fourth-order valence-electron chi connectivity index (χ4n) is 6.17. The first-order valence-electron chi connectivity index (χ1n) is 15.9. The molecule has 3 aromatic carbocycles. The van der Waals surface area contributed by atoms with Gasteiger partial charge in [-0.3, -0.25) is 24.8 Å². The molecule has 11 heteroatoms. The number of hydrogen-bond donors (Lipinski definition) is 3. The van der Waals surface area contributed by atoms with Gasteiger partial charge in [0.2, 0.25) is 0 Å². The van der Waals surface area contributed by atoms with Crippen LogP contribution in [0.5, 0.6) is 5.75 Å². The molecule has 1 saturated heterocycles. The molecule has 0 radical (unpaired) electrons. The Morgan fingerprint density at radius 1 is 0.896 bits per heavy atom. The number of benzene rings is 3. The van der Waals surface area contributed by atoms with E-state index in [9.17, 15) is 9.18 Å². The number of ether oxygens (including phenoxy) is 1. The van der Waals surface area contributed by atoms with Crippen LogP contribution in [0.2, 0.25) is 0 Å². The van der Waals surface area contributed by atoms with Crippen molar-refractivity contribution in [1.29, 1.82) is 0 Å². The van der Waals surface area contributed by atoms with Crippen LogP contribution in [0.1, 0.15) is 23.2 Å². The Hall–Kier alpha value is -5.94. The molecule has 5 heterocycles. The Bertz CT molecular complexity index is 2260. The zero-order valence-electron chi connectivity index (χ0n) is 25.9. The number of aromatic nitrogens is 6. The Balaban J connectivity index is 1.08. The third kappa shape index (κ3) is 5.98. The van der Waals surface area contributed by atoms with Crippen molar-refractivity contribution in [1.82, 2.24) is 35.0 Å². The molecule has 7 aromatic rings. The predicted octanol–water partition coefficient (Wildman–Crippen LogP) is 7.10. The predicted molar refractivity (Wildman–Crippen MR) is 183 cm³/mol. The first-order chi connectivity index (χ1) is 23.6. The minimum Gasteiger partial charge on any atom is -0.492 e. The standard InChI is InChI=1S/C37H31FN8O2/c38-27-16-25(18-29(20-27)48-15-14-46-12-4-5-13-46)33-35-32(10-11-40-33)42-36(43-35)34-30-19-24(8-9-31(30)44-45-34)26-17-28(22-39-21-26)41-37(47)23-6-2-1-3-7-23/h1-3,6-11,16-22H,4-5,12-15H2,(H,41,47)(H,42,43)(H,44,45). The highest BCUT2D eigenvalue weighted by Gasteiger charge is 2.18. The first-order valence-corrected chi connectivity index (χ1v) is 15.9. The maximum absolute atomic E-state index is 14.8. The van der Waals surface area contributed by atoms with Crippen LogP contribution in [0, 0.1) is 5.82 Å². The number of amides is 1. The molecule has 48 heavy (non-hydrogen) atoms. The number of nitrogens with one attached hydrogen (secondary N) is 3. The molecule has 238 valence electrons. The van der Waals surface area contributed by atoms with Crippen LogP contribution >= 0.6 is 0 Å². The maximum atomic E-state index is 14.8. The highest BCUT2D eigenvalue weighted by Crippen LogP contribution is 2.34. The van der Waals surface area contributed by atoms with Gasteiger partial charge in [-0.1, -0.05) is 24.3 Å². The van der Waals surface area contributed by atoms with Crippen molar-refractivity contribution >= 4 is 33.5 Å². The third-order valence-corrected chi connectivity index (χ3v) is 8.57. The number of likely N-dealkylation sites (tertiary alicyclic amines) is 1. The number of fused-ring (bicyclic) bond motifs is 2. The van der Waals surface area contributed by atoms with Crippen LogP contribution in [0.3, 0.4) is 0 Å². The summed E-state index contributed by atoms with van der Waals surface area (Å²) in [6, 6.07) is 23.4. The molecule has 0 bridgehead atoms. The van der Waals surface area contributed by atoms with Crippen molar-refractivity contribution < 1.29 is 13.9 Å². The molecule has 3 N–H and O–H groups in total. The number of carbonyl (C=O) groups is 1. The fourth-order valence-corrected chi connectivity index (χ4v) is 6.17. The van der Waals surface area contributed by atoms with Gasteiger partial charge in [-0.25, -0.2) is 9.37 Å². The van der Waals surface area contributed by atoms with Crippen LogP contribution in [0.15, 0.2) is 97.5 Å². The lowest BCUT2D eigenvalue weighted by molar-refractivity contribution is 0.102. The van der Waals surface area contributed by atoms with Crippen molar-refractivity contribution in [2.45, 2.75) is 12.8 Å². The summed E-state index contributed by atoms with van der Waals surface area (Å²) >= 11 is 0. The summed E-state index contributed by atoms with van der Waals surface area (Å²) < 4.78 is 20.8. The number of pyridine rings is 2. The number of rotatable bonds is 9. The number of nitrogens with zero attached hydrogens (tertiary/aromatic N) is 5. The molecule has 4 aromatic heterocycles. The topological polar surface area (TPSA) is 125 Å². The van der Waals surface area contributed by atoms with E-state index < -0.39 is 5.82 Å². The maximum Gasteiger partial charge on any atom is 0.255 e. The summed E-state index contributed by atoms with van der Waals surface area (Å²) in [4.78, 5) is 32.3. The lowest BCUT2D eigenvalue weighted by Crippen LogP contribution is -2.25. The molecule has 0 atom stereocenters. The van der Waals surface area contributed by atoms with E-state index in [0.717, 1.165) is 47.2 Å². The second-order valence-corrected chi connectivity index (χ2v) is 11.8. The normalized spacial score (nSPS) is 13.4. The zero-order valence-corrected chi connectivity index (χ0v) is 25.9. The van der Waals surface area contributed by atoms with Crippen LogP contribution in [-0.2, 0) is 0 Å². The average Bonchev–Trinajstić information content (AvgIpc) is 3.88. The van der Waals surface area contributed by atoms with Gasteiger partial charge in [-0.05, 0) is 80.0 Å². The molecular formula is C37H31FN8O2. The molecular weight excluding hydrogens is 607 g/mol. The van der Waals surface area contributed by atoms with E-state index in [1.54, 1.807) is 30.7 Å². The number of aromatic amines is 2. The summed E-state index contributed by atoms with van der Waals surface area (Å²) in [7, 11) is 0. The molecule has 1 aliphatic heterocycles. The van der Waals surface area contributed by atoms with Crippen LogP contribution in [-0.4, -0.2) is 67.2 Å². The van der Waals surface area contributed by atoms with Crippen molar-refractivity contribution in [3.63, 3.8) is 0 Å². The second kappa shape index (κ2) is 12.7. The lowest BCUT2D eigenvalue weighted by atomic mass is 10.0. The molecule has 0 aliphatic carbocycles. The SMILES string of the molecule is O=C(Nc1cncc(-c2ccc3[nH]nc(-c4nc5c(-c6cc(F)cc(OCCN7CCCC7)c6)nccc5[nH]4)c3c2)c1)c1ccccc1. The highest BCUT2D eigenvalue weighted by atomic mass is 19.1. The van der Waals surface area contributed by atoms with E-state index in [-0.39, 0.29) is 5.91 Å². The molecule has 0 saturated carbocycles. The molecule has 1 aliphatic rings. The minimum atomic E-state index is -0.401. The number of H-pyrrole nitrogens is 2. The quantitative estimate of drug-likeness (QED) is 0.154. The fraction of sp³-hybridized carbons (Fsp3) is 0.162.